The zero-order valence-electron chi connectivity index (χ0n) is 11.9. The predicted octanol–water partition coefficient (Wildman–Crippen LogP) is 1.01. The van der Waals surface area contributed by atoms with E-state index >= 15 is 0 Å². The highest BCUT2D eigenvalue weighted by Crippen LogP contribution is 2.27. The van der Waals surface area contributed by atoms with Crippen molar-refractivity contribution in [1.82, 2.24) is 16.0 Å². The van der Waals surface area contributed by atoms with Crippen molar-refractivity contribution in [3.05, 3.63) is 0 Å². The number of nitrogens with zero attached hydrogens (tertiary/aromatic N) is 1. The quantitative estimate of drug-likeness (QED) is 0.514. The topological polar surface area (TPSA) is 65.5 Å². The lowest BCUT2D eigenvalue weighted by atomic mass is 9.95. The third kappa shape index (κ3) is 5.49. The van der Waals surface area contributed by atoms with E-state index < -0.39 is 0 Å². The lowest BCUT2D eigenvalue weighted by Crippen LogP contribution is -2.46. The lowest BCUT2D eigenvalue weighted by Gasteiger charge is -2.23. The zero-order valence-corrected chi connectivity index (χ0v) is 11.9. The van der Waals surface area contributed by atoms with Crippen molar-refractivity contribution >= 4 is 11.9 Å². The maximum absolute atomic E-state index is 11.8. The minimum absolute atomic E-state index is 0.0706. The van der Waals surface area contributed by atoms with Crippen LogP contribution in [0.2, 0.25) is 0 Å². The third-order valence-electron chi connectivity index (χ3n) is 3.87. The van der Waals surface area contributed by atoms with Crippen molar-refractivity contribution in [2.45, 2.75) is 51.0 Å². The Labute approximate surface area is 115 Å². The van der Waals surface area contributed by atoms with Gasteiger partial charge < -0.3 is 16.0 Å². The number of hydrogen-bond donors (Lipinski definition) is 3. The largest absolute Gasteiger partial charge is 0.356 e. The van der Waals surface area contributed by atoms with Gasteiger partial charge in [0, 0.05) is 19.6 Å². The molecule has 2 aliphatic carbocycles. The summed E-state index contributed by atoms with van der Waals surface area (Å²) in [6.07, 6.45) is 8.66. The molecule has 2 rings (SSSR count). The average molecular weight is 266 g/mol. The standard InChI is InChI=1S/C14H26N4O/c1-15-14(16-9-11-7-8-11)17-10-13(19)18-12-5-3-2-4-6-12/h11-12H,2-10H2,1H3,(H,18,19)(H2,15,16,17). The van der Waals surface area contributed by atoms with Gasteiger partial charge in [-0.25, -0.2) is 0 Å². The lowest BCUT2D eigenvalue weighted by molar-refractivity contribution is -0.120. The molecule has 2 saturated carbocycles. The molecule has 5 heteroatoms. The number of nitrogens with one attached hydrogen (secondary N) is 3. The number of guanidine groups is 1. The van der Waals surface area contributed by atoms with Gasteiger partial charge in [-0.15, -0.1) is 0 Å². The smallest absolute Gasteiger partial charge is 0.239 e. The summed E-state index contributed by atoms with van der Waals surface area (Å²) in [5.41, 5.74) is 0. The Morgan fingerprint density at radius 3 is 2.47 bits per heavy atom. The number of rotatable bonds is 5. The van der Waals surface area contributed by atoms with Gasteiger partial charge in [0.1, 0.15) is 0 Å². The highest BCUT2D eigenvalue weighted by molar-refractivity contribution is 5.86. The molecule has 19 heavy (non-hydrogen) atoms. The van der Waals surface area contributed by atoms with Crippen LogP contribution in [0.1, 0.15) is 44.9 Å². The molecule has 0 saturated heterocycles. The van der Waals surface area contributed by atoms with Crippen molar-refractivity contribution < 1.29 is 4.79 Å². The van der Waals surface area contributed by atoms with Gasteiger partial charge in [-0.3, -0.25) is 9.79 Å². The summed E-state index contributed by atoms with van der Waals surface area (Å²) in [6.45, 7) is 1.27. The maximum atomic E-state index is 11.8. The molecule has 0 aromatic carbocycles. The number of hydrogen-bond acceptors (Lipinski definition) is 2. The summed E-state index contributed by atoms with van der Waals surface area (Å²) < 4.78 is 0. The summed E-state index contributed by atoms with van der Waals surface area (Å²) in [5.74, 6) is 1.60. The van der Waals surface area contributed by atoms with E-state index in [0.29, 0.717) is 12.6 Å². The number of amides is 1. The summed E-state index contributed by atoms with van der Waals surface area (Å²) in [7, 11) is 1.74. The highest BCUT2D eigenvalue weighted by atomic mass is 16.2. The molecule has 0 aromatic heterocycles. The van der Waals surface area contributed by atoms with E-state index in [-0.39, 0.29) is 5.91 Å². The second-order valence-electron chi connectivity index (χ2n) is 5.65. The molecule has 0 aliphatic heterocycles. The van der Waals surface area contributed by atoms with Crippen molar-refractivity contribution in [2.24, 2.45) is 10.9 Å². The zero-order chi connectivity index (χ0) is 13.5. The van der Waals surface area contributed by atoms with Gasteiger partial charge in [-0.1, -0.05) is 19.3 Å². The molecule has 0 heterocycles. The van der Waals surface area contributed by atoms with Gasteiger partial charge in [0.05, 0.1) is 6.54 Å². The van der Waals surface area contributed by atoms with E-state index in [1.54, 1.807) is 7.05 Å². The molecule has 108 valence electrons. The maximum Gasteiger partial charge on any atom is 0.239 e. The molecule has 0 bridgehead atoms. The second-order valence-corrected chi connectivity index (χ2v) is 5.65. The summed E-state index contributed by atoms with van der Waals surface area (Å²) in [4.78, 5) is 15.9. The molecule has 0 spiro atoms. The minimum Gasteiger partial charge on any atom is -0.356 e. The van der Waals surface area contributed by atoms with Crippen molar-refractivity contribution in [2.75, 3.05) is 20.1 Å². The SMILES string of the molecule is CN=C(NCC(=O)NC1CCCCC1)NCC1CC1. The fourth-order valence-corrected chi connectivity index (χ4v) is 2.47. The van der Waals surface area contributed by atoms with Crippen molar-refractivity contribution in [3.63, 3.8) is 0 Å². The van der Waals surface area contributed by atoms with Crippen LogP contribution in [-0.4, -0.2) is 38.0 Å². The van der Waals surface area contributed by atoms with Crippen LogP contribution < -0.4 is 16.0 Å². The van der Waals surface area contributed by atoms with Gasteiger partial charge in [0.15, 0.2) is 5.96 Å². The molecule has 0 unspecified atom stereocenters. The van der Waals surface area contributed by atoms with Crippen LogP contribution in [0.5, 0.6) is 0 Å². The highest BCUT2D eigenvalue weighted by Gasteiger charge is 2.21. The first-order chi connectivity index (χ1) is 9.28. The Balaban J connectivity index is 1.60. The molecular formula is C14H26N4O. The summed E-state index contributed by atoms with van der Waals surface area (Å²) in [5, 5.41) is 9.41. The van der Waals surface area contributed by atoms with Crippen LogP contribution in [0.4, 0.5) is 0 Å². The Morgan fingerprint density at radius 1 is 1.11 bits per heavy atom. The van der Waals surface area contributed by atoms with Crippen LogP contribution in [0.15, 0.2) is 4.99 Å². The molecule has 2 fully saturated rings. The monoisotopic (exact) mass is 266 g/mol. The number of carbonyl (C=O) groups excluding carboxylic acids is 1. The first-order valence-electron chi connectivity index (χ1n) is 7.52. The third-order valence-corrected chi connectivity index (χ3v) is 3.87. The fraction of sp³-hybridized carbons (Fsp3) is 0.857. The molecular weight excluding hydrogens is 240 g/mol. The van der Waals surface area contributed by atoms with E-state index in [4.69, 9.17) is 0 Å². The van der Waals surface area contributed by atoms with E-state index in [9.17, 15) is 4.79 Å². The molecule has 2 aliphatic rings. The average Bonchev–Trinajstić information content (AvgIpc) is 3.24. The molecule has 1 amide bonds. The van der Waals surface area contributed by atoms with Crippen LogP contribution in [0.25, 0.3) is 0 Å². The van der Waals surface area contributed by atoms with Gasteiger partial charge in [0.25, 0.3) is 0 Å². The second kappa shape index (κ2) is 7.36. The number of aliphatic imine (C=N–C) groups is 1. The Hall–Kier alpha value is -1.26. The molecule has 5 nitrogen and oxygen atoms in total. The van der Waals surface area contributed by atoms with E-state index in [2.05, 4.69) is 20.9 Å². The molecule has 3 N–H and O–H groups in total. The molecule has 0 radical (unpaired) electrons. The summed E-state index contributed by atoms with van der Waals surface area (Å²) >= 11 is 0. The Bertz CT molecular complexity index is 319. The van der Waals surface area contributed by atoms with Crippen LogP contribution in [-0.2, 0) is 4.79 Å². The predicted molar refractivity (Wildman–Crippen MR) is 77.1 cm³/mol. The van der Waals surface area contributed by atoms with Gasteiger partial charge in [-0.2, -0.15) is 0 Å². The summed E-state index contributed by atoms with van der Waals surface area (Å²) in [6, 6.07) is 0.379. The molecule has 0 atom stereocenters. The first kappa shape index (κ1) is 14.2. The Morgan fingerprint density at radius 2 is 1.84 bits per heavy atom. The van der Waals surface area contributed by atoms with Crippen LogP contribution in [0, 0.1) is 5.92 Å². The van der Waals surface area contributed by atoms with Gasteiger partial charge in [-0.05, 0) is 31.6 Å². The van der Waals surface area contributed by atoms with Crippen LogP contribution in [0.3, 0.4) is 0 Å². The van der Waals surface area contributed by atoms with Crippen LogP contribution >= 0.6 is 0 Å². The van der Waals surface area contributed by atoms with Gasteiger partial charge >= 0.3 is 0 Å². The van der Waals surface area contributed by atoms with E-state index in [0.717, 1.165) is 31.3 Å². The first-order valence-corrected chi connectivity index (χ1v) is 7.52. The van der Waals surface area contributed by atoms with Crippen molar-refractivity contribution in [1.29, 1.82) is 0 Å². The Kier molecular flexibility index (Phi) is 5.48. The van der Waals surface area contributed by atoms with Crippen molar-refractivity contribution in [3.8, 4) is 0 Å². The van der Waals surface area contributed by atoms with Gasteiger partial charge in [0.2, 0.25) is 5.91 Å². The minimum atomic E-state index is 0.0706. The number of carbonyl (C=O) groups is 1. The van der Waals surface area contributed by atoms with E-state index in [1.165, 1.54) is 32.1 Å². The fourth-order valence-electron chi connectivity index (χ4n) is 2.47. The van der Waals surface area contributed by atoms with E-state index in [1.807, 2.05) is 0 Å². The molecule has 0 aromatic rings. The normalized spacial score (nSPS) is 21.0.